The third-order valence-electron chi connectivity index (χ3n) is 6.05. The second kappa shape index (κ2) is 12.2. The van der Waals surface area contributed by atoms with Gasteiger partial charge in [-0.2, -0.15) is 0 Å². The van der Waals surface area contributed by atoms with E-state index >= 15 is 0 Å². The lowest BCUT2D eigenvalue weighted by Crippen LogP contribution is -2.60. The van der Waals surface area contributed by atoms with Crippen LogP contribution in [0.15, 0.2) is 60.1 Å². The van der Waals surface area contributed by atoms with Crippen molar-refractivity contribution >= 4 is 52.3 Å². The summed E-state index contributed by atoms with van der Waals surface area (Å²) in [5, 5.41) is 21.9. The van der Waals surface area contributed by atoms with E-state index in [9.17, 15) is 14.4 Å². The number of nitrogens with zero attached hydrogens (tertiary/aromatic N) is 5. The molecule has 2 aliphatic rings. The third kappa shape index (κ3) is 6.36. The summed E-state index contributed by atoms with van der Waals surface area (Å²) in [6.45, 7) is -0.467. The number of amides is 3. The van der Waals surface area contributed by atoms with Gasteiger partial charge in [0.2, 0.25) is 17.7 Å². The van der Waals surface area contributed by atoms with Gasteiger partial charge >= 0.3 is 0 Å². The van der Waals surface area contributed by atoms with Gasteiger partial charge in [-0.3, -0.25) is 19.3 Å². The van der Waals surface area contributed by atoms with Crippen LogP contribution in [0.2, 0.25) is 10.2 Å². The van der Waals surface area contributed by atoms with E-state index in [1.165, 1.54) is 27.8 Å². The molecule has 3 amide bonds. The number of methoxy groups -OCH3 is 1. The number of carbonyl (C=O) groups excluding carboxylic acids is 3. The SMILES string of the molecule is CN/C=C1/C=C(NC(=O)C(CCOC)N2CC(=O)N(c3cc(Cl)ccc3-n3cc(Cl)nn3)CC2=O)C=CC1=N. The molecule has 2 heterocycles. The number of halogens is 2. The van der Waals surface area contributed by atoms with Crippen LogP contribution in [-0.2, 0) is 19.1 Å². The van der Waals surface area contributed by atoms with Crippen LogP contribution < -0.4 is 15.5 Å². The lowest BCUT2D eigenvalue weighted by molar-refractivity contribution is -0.145. The van der Waals surface area contributed by atoms with Gasteiger partial charge in [0.05, 0.1) is 23.3 Å². The topological polar surface area (TPSA) is 146 Å². The molecule has 204 valence electrons. The van der Waals surface area contributed by atoms with E-state index in [-0.39, 0.29) is 37.0 Å². The molecule has 14 heteroatoms. The molecule has 1 aliphatic carbocycles. The van der Waals surface area contributed by atoms with Crippen molar-refractivity contribution in [1.82, 2.24) is 30.5 Å². The molecule has 1 saturated heterocycles. The minimum absolute atomic E-state index is 0.156. The van der Waals surface area contributed by atoms with E-state index in [2.05, 4.69) is 20.9 Å². The molecule has 3 N–H and O–H groups in total. The summed E-state index contributed by atoms with van der Waals surface area (Å²) in [6.07, 6.45) is 8.08. The first-order valence-electron chi connectivity index (χ1n) is 11.9. The Bertz CT molecular complexity index is 1400. The summed E-state index contributed by atoms with van der Waals surface area (Å²) in [5.74, 6) is -1.32. The molecule has 0 saturated carbocycles. The number of piperazine rings is 1. The molecule has 0 spiro atoms. The predicted octanol–water partition coefficient (Wildman–Crippen LogP) is 1.85. The highest BCUT2D eigenvalue weighted by atomic mass is 35.5. The van der Waals surface area contributed by atoms with Crippen LogP contribution in [-0.4, -0.2) is 83.2 Å². The molecule has 0 radical (unpaired) electrons. The highest BCUT2D eigenvalue weighted by molar-refractivity contribution is 6.31. The van der Waals surface area contributed by atoms with Gasteiger partial charge in [0.15, 0.2) is 5.15 Å². The summed E-state index contributed by atoms with van der Waals surface area (Å²) in [5.41, 5.74) is 2.11. The Morgan fingerprint density at radius 1 is 1.21 bits per heavy atom. The standard InChI is InChI=1S/C25H26Cl2N8O4/c1-29-11-15-9-17(4-5-18(15)28)30-25(38)20(7-8-39-2)33-13-24(37)34(14-23(33)36)21-10-16(26)3-6-19(21)35-12-22(27)31-32-35/h3-6,9-12,20,28-29H,7-8,13-14H2,1-2H3,(H,30,38)/b15-11-,28-18?. The van der Waals surface area contributed by atoms with E-state index in [0.29, 0.717) is 27.7 Å². The van der Waals surface area contributed by atoms with Crippen LogP contribution in [0.4, 0.5) is 5.69 Å². The maximum absolute atomic E-state index is 13.4. The lowest BCUT2D eigenvalue weighted by atomic mass is 10.0. The number of hydrogen-bond acceptors (Lipinski definition) is 8. The first-order valence-corrected chi connectivity index (χ1v) is 12.6. The van der Waals surface area contributed by atoms with Crippen molar-refractivity contribution < 1.29 is 19.1 Å². The molecule has 12 nitrogen and oxygen atoms in total. The van der Waals surface area contributed by atoms with Crippen LogP contribution in [0.25, 0.3) is 5.69 Å². The molecule has 1 aromatic heterocycles. The number of benzene rings is 1. The van der Waals surface area contributed by atoms with Gasteiger partial charge in [0, 0.05) is 49.7 Å². The van der Waals surface area contributed by atoms with Crippen molar-refractivity contribution in [2.45, 2.75) is 12.5 Å². The van der Waals surface area contributed by atoms with Crippen molar-refractivity contribution in [1.29, 1.82) is 5.41 Å². The second-order valence-corrected chi connectivity index (χ2v) is 9.47. The number of anilines is 1. The third-order valence-corrected chi connectivity index (χ3v) is 6.46. The maximum Gasteiger partial charge on any atom is 0.247 e. The number of rotatable bonds is 9. The molecule has 1 aromatic carbocycles. The fraction of sp³-hybridized carbons (Fsp3) is 0.280. The van der Waals surface area contributed by atoms with Gasteiger partial charge in [-0.25, -0.2) is 4.68 Å². The van der Waals surface area contributed by atoms with E-state index in [1.54, 1.807) is 49.7 Å². The summed E-state index contributed by atoms with van der Waals surface area (Å²) < 4.78 is 6.55. The van der Waals surface area contributed by atoms with E-state index in [4.69, 9.17) is 33.3 Å². The molecular weight excluding hydrogens is 547 g/mol. The number of carbonyl (C=O) groups is 3. The molecule has 4 rings (SSSR count). The molecule has 1 atom stereocenters. The highest BCUT2D eigenvalue weighted by Crippen LogP contribution is 2.30. The van der Waals surface area contributed by atoms with E-state index in [1.807, 2.05) is 0 Å². The normalized spacial score (nSPS) is 17.5. The summed E-state index contributed by atoms with van der Waals surface area (Å²) in [4.78, 5) is 42.7. The molecular formula is C25H26Cl2N8O4. The van der Waals surface area contributed by atoms with Crippen molar-refractivity contribution in [3.05, 3.63) is 70.3 Å². The zero-order valence-electron chi connectivity index (χ0n) is 21.1. The van der Waals surface area contributed by atoms with Gasteiger partial charge in [-0.05, 0) is 36.4 Å². The van der Waals surface area contributed by atoms with Crippen LogP contribution in [0, 0.1) is 5.41 Å². The zero-order valence-corrected chi connectivity index (χ0v) is 22.7. The molecule has 2 aromatic rings. The maximum atomic E-state index is 13.4. The zero-order chi connectivity index (χ0) is 28.1. The first-order chi connectivity index (χ1) is 18.7. The number of hydrogen-bond donors (Lipinski definition) is 3. The van der Waals surface area contributed by atoms with Crippen molar-refractivity contribution in [3.8, 4) is 5.69 Å². The Labute approximate surface area is 234 Å². The fourth-order valence-corrected chi connectivity index (χ4v) is 4.50. The van der Waals surface area contributed by atoms with Crippen LogP contribution in [0.3, 0.4) is 0 Å². The quantitative estimate of drug-likeness (QED) is 0.415. The summed E-state index contributed by atoms with van der Waals surface area (Å²) >= 11 is 12.1. The van der Waals surface area contributed by atoms with Crippen LogP contribution in [0.5, 0.6) is 0 Å². The Hall–Kier alpha value is -4.00. The van der Waals surface area contributed by atoms with Gasteiger partial charge < -0.3 is 25.7 Å². The van der Waals surface area contributed by atoms with Crippen LogP contribution >= 0.6 is 23.2 Å². The minimum atomic E-state index is -0.969. The number of aromatic nitrogens is 3. The Kier molecular flexibility index (Phi) is 8.79. The predicted molar refractivity (Wildman–Crippen MR) is 146 cm³/mol. The van der Waals surface area contributed by atoms with E-state index in [0.717, 1.165) is 0 Å². The average Bonchev–Trinajstić information content (AvgIpc) is 3.34. The molecule has 39 heavy (non-hydrogen) atoms. The fourth-order valence-electron chi connectivity index (χ4n) is 4.20. The minimum Gasteiger partial charge on any atom is -0.393 e. The average molecular weight is 573 g/mol. The largest absolute Gasteiger partial charge is 0.393 e. The smallest absolute Gasteiger partial charge is 0.247 e. The molecule has 1 aliphatic heterocycles. The van der Waals surface area contributed by atoms with Gasteiger partial charge in [-0.1, -0.05) is 28.4 Å². The number of nitrogens with one attached hydrogen (secondary N) is 3. The molecule has 0 bridgehead atoms. The second-order valence-electron chi connectivity index (χ2n) is 8.64. The Morgan fingerprint density at radius 2 is 2.00 bits per heavy atom. The van der Waals surface area contributed by atoms with Gasteiger partial charge in [0.1, 0.15) is 19.1 Å². The van der Waals surface area contributed by atoms with Gasteiger partial charge in [0.25, 0.3) is 0 Å². The van der Waals surface area contributed by atoms with Crippen molar-refractivity contribution in [2.75, 3.05) is 38.8 Å². The number of allylic oxidation sites excluding steroid dienone is 4. The van der Waals surface area contributed by atoms with Gasteiger partial charge in [-0.15, -0.1) is 5.10 Å². The Balaban J connectivity index is 1.57. The summed E-state index contributed by atoms with van der Waals surface area (Å²) in [6, 6.07) is 3.85. The van der Waals surface area contributed by atoms with Crippen molar-refractivity contribution in [2.24, 2.45) is 0 Å². The van der Waals surface area contributed by atoms with E-state index < -0.39 is 23.8 Å². The Morgan fingerprint density at radius 3 is 2.69 bits per heavy atom. The number of ether oxygens (including phenoxy) is 1. The molecule has 1 unspecified atom stereocenters. The van der Waals surface area contributed by atoms with Crippen LogP contribution in [0.1, 0.15) is 6.42 Å². The summed E-state index contributed by atoms with van der Waals surface area (Å²) in [7, 11) is 3.20. The molecule has 1 fully saturated rings. The lowest BCUT2D eigenvalue weighted by Gasteiger charge is -2.38. The highest BCUT2D eigenvalue weighted by Gasteiger charge is 2.39. The van der Waals surface area contributed by atoms with Crippen molar-refractivity contribution in [3.63, 3.8) is 0 Å². The monoisotopic (exact) mass is 572 g/mol. The first kappa shape index (κ1) is 28.0.